The van der Waals surface area contributed by atoms with Crippen LogP contribution in [-0.2, 0) is 11.3 Å². The first-order chi connectivity index (χ1) is 13.6. The van der Waals surface area contributed by atoms with Gasteiger partial charge in [0.1, 0.15) is 5.75 Å². The number of hydrogen-bond acceptors (Lipinski definition) is 6. The Morgan fingerprint density at radius 1 is 1.21 bits per heavy atom. The number of hydrogen-bond donors (Lipinski definition) is 1. The Hall–Kier alpha value is -2.90. The summed E-state index contributed by atoms with van der Waals surface area (Å²) in [6.07, 6.45) is 0. The molecule has 1 N–H and O–H groups in total. The van der Waals surface area contributed by atoms with E-state index in [0.29, 0.717) is 46.8 Å². The summed E-state index contributed by atoms with van der Waals surface area (Å²) in [6, 6.07) is 14.6. The standard InChI is InChI=1S/C20H21ClN4O3/c1-3-25(12-18(26)22-16-10-6-7-11-17(16)27-2)13-19-23-20(24-28-19)14-8-4-5-9-15(14)21/h4-11H,3,12-13H2,1-2H3,(H,22,26). The number of likely N-dealkylation sites (N-methyl/N-ethyl adjacent to an activating group) is 1. The Morgan fingerprint density at radius 2 is 1.96 bits per heavy atom. The van der Waals surface area contributed by atoms with Gasteiger partial charge in [0.2, 0.25) is 17.6 Å². The van der Waals surface area contributed by atoms with Gasteiger partial charge in [-0.05, 0) is 30.8 Å². The van der Waals surface area contributed by atoms with Crippen molar-refractivity contribution in [1.29, 1.82) is 0 Å². The third kappa shape index (κ3) is 4.88. The predicted molar refractivity (Wildman–Crippen MR) is 107 cm³/mol. The third-order valence-corrected chi connectivity index (χ3v) is 4.47. The summed E-state index contributed by atoms with van der Waals surface area (Å²) in [7, 11) is 1.56. The number of rotatable bonds is 8. The molecule has 3 aromatic rings. The van der Waals surface area contributed by atoms with Gasteiger partial charge in [-0.1, -0.05) is 47.9 Å². The fraction of sp³-hybridized carbons (Fsp3) is 0.250. The molecule has 8 heteroatoms. The van der Waals surface area contributed by atoms with Gasteiger partial charge < -0.3 is 14.6 Å². The first-order valence-electron chi connectivity index (χ1n) is 8.83. The molecule has 0 aliphatic rings. The number of ether oxygens (including phenoxy) is 1. The average Bonchev–Trinajstić information content (AvgIpc) is 3.16. The molecule has 0 spiro atoms. The average molecular weight is 401 g/mol. The van der Waals surface area contributed by atoms with Crippen molar-refractivity contribution in [3.05, 3.63) is 59.4 Å². The number of nitrogens with zero attached hydrogens (tertiary/aromatic N) is 3. The van der Waals surface area contributed by atoms with Crippen LogP contribution in [0.4, 0.5) is 5.69 Å². The number of para-hydroxylation sites is 2. The van der Waals surface area contributed by atoms with Gasteiger partial charge >= 0.3 is 0 Å². The summed E-state index contributed by atoms with van der Waals surface area (Å²) in [4.78, 5) is 18.7. The maximum Gasteiger partial charge on any atom is 0.241 e. The van der Waals surface area contributed by atoms with Gasteiger partial charge in [-0.25, -0.2) is 0 Å². The molecule has 0 fully saturated rings. The summed E-state index contributed by atoms with van der Waals surface area (Å²) in [5.74, 6) is 1.30. The Morgan fingerprint density at radius 3 is 2.71 bits per heavy atom. The molecule has 28 heavy (non-hydrogen) atoms. The van der Waals surface area contributed by atoms with Crippen molar-refractivity contribution in [2.24, 2.45) is 0 Å². The monoisotopic (exact) mass is 400 g/mol. The van der Waals surface area contributed by atoms with Crippen LogP contribution in [-0.4, -0.2) is 41.1 Å². The van der Waals surface area contributed by atoms with Gasteiger partial charge in [-0.3, -0.25) is 9.69 Å². The molecule has 0 unspecified atom stereocenters. The normalized spacial score (nSPS) is 10.9. The zero-order chi connectivity index (χ0) is 19.9. The van der Waals surface area contributed by atoms with Gasteiger partial charge in [0, 0.05) is 5.56 Å². The maximum atomic E-state index is 12.4. The number of carbonyl (C=O) groups excluding carboxylic acids is 1. The zero-order valence-corrected chi connectivity index (χ0v) is 16.4. The molecule has 0 bridgehead atoms. The molecule has 0 radical (unpaired) electrons. The summed E-state index contributed by atoms with van der Waals surface area (Å²) in [6.45, 7) is 3.14. The Labute approximate surface area is 168 Å². The lowest BCUT2D eigenvalue weighted by Crippen LogP contribution is -2.33. The zero-order valence-electron chi connectivity index (χ0n) is 15.7. The maximum absolute atomic E-state index is 12.4. The number of amides is 1. The second-order valence-electron chi connectivity index (χ2n) is 6.04. The highest BCUT2D eigenvalue weighted by atomic mass is 35.5. The molecule has 0 aliphatic heterocycles. The lowest BCUT2D eigenvalue weighted by atomic mass is 10.2. The van der Waals surface area contributed by atoms with Crippen molar-refractivity contribution in [2.45, 2.75) is 13.5 Å². The summed E-state index contributed by atoms with van der Waals surface area (Å²) in [5.41, 5.74) is 1.33. The summed E-state index contributed by atoms with van der Waals surface area (Å²) < 4.78 is 10.6. The van der Waals surface area contributed by atoms with Crippen LogP contribution in [0.3, 0.4) is 0 Å². The first kappa shape index (κ1) is 19.9. The third-order valence-electron chi connectivity index (χ3n) is 4.14. The van der Waals surface area contributed by atoms with E-state index in [9.17, 15) is 4.79 Å². The van der Waals surface area contributed by atoms with E-state index in [1.165, 1.54) is 0 Å². The van der Waals surface area contributed by atoms with E-state index in [1.54, 1.807) is 25.3 Å². The molecule has 0 saturated heterocycles. The molecule has 0 aliphatic carbocycles. The highest BCUT2D eigenvalue weighted by Crippen LogP contribution is 2.25. The number of anilines is 1. The van der Waals surface area contributed by atoms with Gasteiger partial charge in [-0.2, -0.15) is 4.98 Å². The van der Waals surface area contributed by atoms with E-state index in [0.717, 1.165) is 0 Å². The second kappa shape index (κ2) is 9.34. The SMILES string of the molecule is CCN(CC(=O)Nc1ccccc1OC)Cc1nc(-c2ccccc2Cl)no1. The van der Waals surface area contributed by atoms with Crippen LogP contribution < -0.4 is 10.1 Å². The van der Waals surface area contributed by atoms with Crippen molar-refractivity contribution in [1.82, 2.24) is 15.0 Å². The molecular weight excluding hydrogens is 380 g/mol. The lowest BCUT2D eigenvalue weighted by molar-refractivity contribution is -0.117. The van der Waals surface area contributed by atoms with Crippen molar-refractivity contribution < 1.29 is 14.1 Å². The van der Waals surface area contributed by atoms with Crippen LogP contribution in [0.2, 0.25) is 5.02 Å². The predicted octanol–water partition coefficient (Wildman–Crippen LogP) is 3.86. The van der Waals surface area contributed by atoms with Crippen molar-refractivity contribution in [2.75, 3.05) is 25.5 Å². The van der Waals surface area contributed by atoms with E-state index >= 15 is 0 Å². The minimum absolute atomic E-state index is 0.155. The molecule has 1 heterocycles. The van der Waals surface area contributed by atoms with Crippen LogP contribution >= 0.6 is 11.6 Å². The second-order valence-corrected chi connectivity index (χ2v) is 6.45. The number of methoxy groups -OCH3 is 1. The van der Waals surface area contributed by atoms with Crippen molar-refractivity contribution >= 4 is 23.2 Å². The quantitative estimate of drug-likeness (QED) is 0.618. The van der Waals surface area contributed by atoms with Gasteiger partial charge in [-0.15, -0.1) is 0 Å². The summed E-state index contributed by atoms with van der Waals surface area (Å²) in [5, 5.41) is 7.40. The van der Waals surface area contributed by atoms with Crippen LogP contribution in [0.1, 0.15) is 12.8 Å². The van der Waals surface area contributed by atoms with E-state index in [1.807, 2.05) is 42.2 Å². The summed E-state index contributed by atoms with van der Waals surface area (Å²) >= 11 is 6.18. The number of benzene rings is 2. The Balaban J connectivity index is 1.63. The molecule has 1 aromatic heterocycles. The van der Waals surface area contributed by atoms with Crippen LogP contribution in [0, 0.1) is 0 Å². The molecule has 3 rings (SSSR count). The number of aromatic nitrogens is 2. The molecule has 0 saturated carbocycles. The number of carbonyl (C=O) groups is 1. The van der Waals surface area contributed by atoms with Crippen molar-refractivity contribution in [3.63, 3.8) is 0 Å². The smallest absolute Gasteiger partial charge is 0.241 e. The van der Waals surface area contributed by atoms with E-state index in [2.05, 4.69) is 15.5 Å². The number of halogens is 1. The molecule has 1 amide bonds. The Kier molecular flexibility index (Phi) is 6.62. The molecule has 146 valence electrons. The molecule has 2 aromatic carbocycles. The molecule has 7 nitrogen and oxygen atoms in total. The first-order valence-corrected chi connectivity index (χ1v) is 9.21. The topological polar surface area (TPSA) is 80.5 Å². The molecule has 0 atom stereocenters. The van der Waals surface area contributed by atoms with Crippen LogP contribution in [0.15, 0.2) is 53.1 Å². The minimum atomic E-state index is -0.155. The van der Waals surface area contributed by atoms with E-state index in [4.69, 9.17) is 20.9 Å². The largest absolute Gasteiger partial charge is 0.495 e. The minimum Gasteiger partial charge on any atom is -0.495 e. The lowest BCUT2D eigenvalue weighted by Gasteiger charge is -2.18. The highest BCUT2D eigenvalue weighted by molar-refractivity contribution is 6.33. The van der Waals surface area contributed by atoms with Crippen molar-refractivity contribution in [3.8, 4) is 17.1 Å². The van der Waals surface area contributed by atoms with Crippen LogP contribution in [0.5, 0.6) is 5.75 Å². The fourth-order valence-corrected chi connectivity index (χ4v) is 2.90. The highest BCUT2D eigenvalue weighted by Gasteiger charge is 2.16. The van der Waals surface area contributed by atoms with Crippen LogP contribution in [0.25, 0.3) is 11.4 Å². The van der Waals surface area contributed by atoms with Gasteiger partial charge in [0.25, 0.3) is 0 Å². The molecular formula is C20H21ClN4O3. The van der Waals surface area contributed by atoms with E-state index in [-0.39, 0.29) is 12.5 Å². The van der Waals surface area contributed by atoms with E-state index < -0.39 is 0 Å². The number of nitrogens with one attached hydrogen (secondary N) is 1. The van der Waals surface area contributed by atoms with Gasteiger partial charge in [0.15, 0.2) is 0 Å². The van der Waals surface area contributed by atoms with Gasteiger partial charge in [0.05, 0.1) is 30.9 Å². The fourth-order valence-electron chi connectivity index (χ4n) is 2.68. The Bertz CT molecular complexity index is 944.